The molecule has 0 aliphatic carbocycles. The number of hydrogen-bond donors (Lipinski definition) is 1. The minimum atomic E-state index is -0.486. The first kappa shape index (κ1) is 21.0. The van der Waals surface area contributed by atoms with Crippen LogP contribution < -0.4 is 5.32 Å². The molecule has 154 valence electrons. The predicted molar refractivity (Wildman–Crippen MR) is 115 cm³/mol. The molecule has 0 radical (unpaired) electrons. The molecule has 2 heterocycles. The Morgan fingerprint density at radius 2 is 1.93 bits per heavy atom. The van der Waals surface area contributed by atoms with E-state index >= 15 is 0 Å². The van der Waals surface area contributed by atoms with Crippen LogP contribution in [0.25, 0.3) is 10.2 Å². The minimum Gasteiger partial charge on any atom is -0.451 e. The van der Waals surface area contributed by atoms with E-state index in [2.05, 4.69) is 24.3 Å². The molecule has 7 heteroatoms. The normalized spacial score (nSPS) is 12.3. The summed E-state index contributed by atoms with van der Waals surface area (Å²) in [5, 5.41) is 8.38. The van der Waals surface area contributed by atoms with Crippen LogP contribution in [-0.2, 0) is 16.1 Å². The third kappa shape index (κ3) is 4.85. The number of carbonyl (C=O) groups is 2. The topological polar surface area (TPSA) is 73.2 Å². The second-order valence-corrected chi connectivity index (χ2v) is 8.74. The fourth-order valence-electron chi connectivity index (χ4n) is 3.32. The van der Waals surface area contributed by atoms with Gasteiger partial charge in [0.1, 0.15) is 9.71 Å². The van der Waals surface area contributed by atoms with Crippen molar-refractivity contribution in [3.8, 4) is 0 Å². The molecule has 1 amide bonds. The van der Waals surface area contributed by atoms with Crippen LogP contribution in [0.15, 0.2) is 30.3 Å². The fraction of sp³-hybridized carbons (Fsp3) is 0.409. The van der Waals surface area contributed by atoms with Gasteiger partial charge in [-0.05, 0) is 43.9 Å². The summed E-state index contributed by atoms with van der Waals surface area (Å²) in [7, 11) is 0. The van der Waals surface area contributed by atoms with E-state index in [1.54, 1.807) is 6.07 Å². The number of aryl methyl sites for hydroxylation is 2. The van der Waals surface area contributed by atoms with Crippen molar-refractivity contribution in [1.29, 1.82) is 0 Å². The van der Waals surface area contributed by atoms with E-state index in [9.17, 15) is 9.59 Å². The Morgan fingerprint density at radius 3 is 2.62 bits per heavy atom. The average molecular weight is 414 g/mol. The molecule has 0 bridgehead atoms. The number of hydrogen-bond acceptors (Lipinski definition) is 5. The monoisotopic (exact) mass is 413 g/mol. The molecule has 3 rings (SSSR count). The second kappa shape index (κ2) is 8.78. The highest BCUT2D eigenvalue weighted by molar-refractivity contribution is 7.20. The summed E-state index contributed by atoms with van der Waals surface area (Å²) in [6.45, 7) is 10.6. The van der Waals surface area contributed by atoms with E-state index in [1.807, 2.05) is 49.7 Å². The largest absolute Gasteiger partial charge is 0.451 e. The molecule has 1 aromatic carbocycles. The lowest BCUT2D eigenvalue weighted by Crippen LogP contribution is -2.31. The maximum Gasteiger partial charge on any atom is 0.348 e. The molecule has 1 N–H and O–H groups in total. The molecule has 1 atom stereocenters. The van der Waals surface area contributed by atoms with Gasteiger partial charge in [-0.25, -0.2) is 4.79 Å². The van der Waals surface area contributed by atoms with E-state index < -0.39 is 5.97 Å². The zero-order chi connectivity index (χ0) is 21.1. The lowest BCUT2D eigenvalue weighted by molar-refractivity contribution is -0.124. The molecule has 6 nitrogen and oxygen atoms in total. The van der Waals surface area contributed by atoms with Crippen molar-refractivity contribution in [3.05, 3.63) is 52.0 Å². The number of carbonyl (C=O) groups excluding carboxylic acids is 2. The number of nitrogens with zero attached hydrogens (tertiary/aromatic N) is 2. The summed E-state index contributed by atoms with van der Waals surface area (Å²) in [6.07, 6.45) is 0. The van der Waals surface area contributed by atoms with Crippen molar-refractivity contribution in [2.45, 2.75) is 47.2 Å². The number of amides is 1. The maximum atomic E-state index is 12.4. The number of ether oxygens (including phenoxy) is 1. The van der Waals surface area contributed by atoms with Crippen molar-refractivity contribution in [2.75, 3.05) is 6.61 Å². The van der Waals surface area contributed by atoms with E-state index in [4.69, 9.17) is 4.74 Å². The van der Waals surface area contributed by atoms with Gasteiger partial charge in [0.25, 0.3) is 5.91 Å². The van der Waals surface area contributed by atoms with Crippen LogP contribution in [0, 0.1) is 19.8 Å². The van der Waals surface area contributed by atoms with Crippen molar-refractivity contribution < 1.29 is 14.3 Å². The van der Waals surface area contributed by atoms with Gasteiger partial charge in [0.2, 0.25) is 0 Å². The van der Waals surface area contributed by atoms with Crippen LogP contribution in [0.5, 0.6) is 0 Å². The molecule has 0 aliphatic rings. The Bertz CT molecular complexity index is 1040. The van der Waals surface area contributed by atoms with Crippen molar-refractivity contribution in [2.24, 2.45) is 5.92 Å². The SMILES string of the molecule is Cc1ccccc1C(C)NC(=O)COC(=O)c1cc2c(C)nn(CC(C)C)c2s1. The van der Waals surface area contributed by atoms with E-state index in [1.165, 1.54) is 11.3 Å². The molecule has 1 unspecified atom stereocenters. The summed E-state index contributed by atoms with van der Waals surface area (Å²) in [5.41, 5.74) is 3.04. The Balaban J connectivity index is 1.62. The van der Waals surface area contributed by atoms with Crippen molar-refractivity contribution in [1.82, 2.24) is 15.1 Å². The second-order valence-electron chi connectivity index (χ2n) is 7.71. The van der Waals surface area contributed by atoms with Crippen LogP contribution in [0.3, 0.4) is 0 Å². The molecule has 2 aromatic heterocycles. The summed E-state index contributed by atoms with van der Waals surface area (Å²) in [4.78, 5) is 26.1. The molecule has 0 fully saturated rings. The zero-order valence-electron chi connectivity index (χ0n) is 17.5. The van der Waals surface area contributed by atoms with Gasteiger partial charge in [0.15, 0.2) is 6.61 Å². The third-order valence-electron chi connectivity index (χ3n) is 4.71. The smallest absolute Gasteiger partial charge is 0.348 e. The zero-order valence-corrected chi connectivity index (χ0v) is 18.3. The van der Waals surface area contributed by atoms with Gasteiger partial charge in [0, 0.05) is 11.9 Å². The Labute approximate surface area is 174 Å². The number of nitrogens with one attached hydrogen (secondary N) is 1. The number of fused-ring (bicyclic) bond motifs is 1. The highest BCUT2D eigenvalue weighted by atomic mass is 32.1. The van der Waals surface area contributed by atoms with Gasteiger partial charge in [0.05, 0.1) is 11.7 Å². The molecule has 0 spiro atoms. The highest BCUT2D eigenvalue weighted by Gasteiger charge is 2.19. The number of rotatable bonds is 7. The van der Waals surface area contributed by atoms with Gasteiger partial charge in [-0.2, -0.15) is 5.10 Å². The molecular formula is C22H27N3O3S. The van der Waals surface area contributed by atoms with Gasteiger partial charge < -0.3 is 10.1 Å². The van der Waals surface area contributed by atoms with Gasteiger partial charge in [-0.15, -0.1) is 11.3 Å². The number of aromatic nitrogens is 2. The molecule has 0 aliphatic heterocycles. The Hall–Kier alpha value is -2.67. The summed E-state index contributed by atoms with van der Waals surface area (Å²) < 4.78 is 7.18. The summed E-state index contributed by atoms with van der Waals surface area (Å²) in [6, 6.07) is 9.53. The highest BCUT2D eigenvalue weighted by Crippen LogP contribution is 2.29. The molecule has 0 saturated carbocycles. The minimum absolute atomic E-state index is 0.156. The average Bonchev–Trinajstić information content (AvgIpc) is 3.21. The third-order valence-corrected chi connectivity index (χ3v) is 5.84. The first-order chi connectivity index (χ1) is 13.8. The first-order valence-electron chi connectivity index (χ1n) is 9.75. The first-order valence-corrected chi connectivity index (χ1v) is 10.6. The maximum absolute atomic E-state index is 12.4. The van der Waals surface area contributed by atoms with Crippen LogP contribution in [0.1, 0.15) is 53.3 Å². The van der Waals surface area contributed by atoms with E-state index in [0.29, 0.717) is 10.8 Å². The van der Waals surface area contributed by atoms with Crippen LogP contribution in [-0.4, -0.2) is 28.3 Å². The summed E-state index contributed by atoms with van der Waals surface area (Å²) in [5.74, 6) is -0.355. The van der Waals surface area contributed by atoms with E-state index in [0.717, 1.165) is 33.6 Å². The Morgan fingerprint density at radius 1 is 1.21 bits per heavy atom. The lowest BCUT2D eigenvalue weighted by atomic mass is 10.0. The quantitative estimate of drug-likeness (QED) is 0.583. The predicted octanol–water partition coefficient (Wildman–Crippen LogP) is 4.40. The molecule has 0 saturated heterocycles. The summed E-state index contributed by atoms with van der Waals surface area (Å²) >= 11 is 1.35. The van der Waals surface area contributed by atoms with Crippen LogP contribution >= 0.6 is 11.3 Å². The molecule has 3 aromatic rings. The van der Waals surface area contributed by atoms with Gasteiger partial charge >= 0.3 is 5.97 Å². The number of benzene rings is 1. The van der Waals surface area contributed by atoms with Crippen molar-refractivity contribution >= 4 is 33.4 Å². The van der Waals surface area contributed by atoms with Crippen LogP contribution in [0.4, 0.5) is 0 Å². The molecular weight excluding hydrogens is 386 g/mol. The number of esters is 1. The lowest BCUT2D eigenvalue weighted by Gasteiger charge is -2.16. The van der Waals surface area contributed by atoms with E-state index in [-0.39, 0.29) is 18.6 Å². The van der Waals surface area contributed by atoms with Crippen molar-refractivity contribution in [3.63, 3.8) is 0 Å². The number of thiophene rings is 1. The fourth-order valence-corrected chi connectivity index (χ4v) is 4.38. The van der Waals surface area contributed by atoms with Crippen LogP contribution in [0.2, 0.25) is 0 Å². The van der Waals surface area contributed by atoms with Gasteiger partial charge in [-0.3, -0.25) is 9.48 Å². The molecule has 29 heavy (non-hydrogen) atoms. The Kier molecular flexibility index (Phi) is 6.37. The standard InChI is InChI=1S/C22H27N3O3S/c1-13(2)11-25-21-18(16(5)24-25)10-19(29-21)22(27)28-12-20(26)23-15(4)17-9-7-6-8-14(17)3/h6-10,13,15H,11-12H2,1-5H3,(H,23,26). The van der Waals surface area contributed by atoms with Gasteiger partial charge in [-0.1, -0.05) is 38.1 Å².